The van der Waals surface area contributed by atoms with Gasteiger partial charge in [-0.05, 0) is 19.4 Å². The Kier molecular flexibility index (Phi) is 2.73. The molecule has 2 aliphatic heterocycles. The van der Waals surface area contributed by atoms with Crippen LogP contribution in [0.25, 0.3) is 0 Å². The number of rotatable bonds is 1. The summed E-state index contributed by atoms with van der Waals surface area (Å²) in [4.78, 5) is 12.3. The van der Waals surface area contributed by atoms with Crippen molar-refractivity contribution in [1.82, 2.24) is 15.5 Å². The number of halogens is 3. The van der Waals surface area contributed by atoms with Gasteiger partial charge in [0.05, 0.1) is 5.54 Å². The zero-order valence-electron chi connectivity index (χ0n) is 8.73. The Hall–Kier alpha value is -0.980. The second-order valence-corrected chi connectivity index (χ2v) is 4.36. The first-order valence-corrected chi connectivity index (χ1v) is 5.26. The monoisotopic (exact) mass is 237 g/mol. The molecule has 2 rings (SSSR count). The van der Waals surface area contributed by atoms with Crippen LogP contribution in [0.3, 0.4) is 0 Å². The smallest absolute Gasteiger partial charge is 0.336 e. The lowest BCUT2D eigenvalue weighted by atomic mass is 9.89. The minimum atomic E-state index is -4.34. The van der Waals surface area contributed by atoms with E-state index >= 15 is 0 Å². The molecule has 1 unspecified atom stereocenters. The molecule has 2 saturated heterocycles. The van der Waals surface area contributed by atoms with Crippen LogP contribution in [0.2, 0.25) is 0 Å². The highest BCUT2D eigenvalue weighted by atomic mass is 19.4. The molecule has 2 N–H and O–H groups in total. The maximum atomic E-state index is 12.4. The summed E-state index contributed by atoms with van der Waals surface area (Å²) in [7, 11) is 0. The molecule has 1 spiro atoms. The highest BCUT2D eigenvalue weighted by molar-refractivity contribution is 5.78. The maximum absolute atomic E-state index is 12.4. The van der Waals surface area contributed by atoms with Gasteiger partial charge < -0.3 is 15.5 Å². The second kappa shape index (κ2) is 3.80. The summed E-state index contributed by atoms with van der Waals surface area (Å²) in [6.45, 7) is 0.368. The van der Waals surface area contributed by atoms with E-state index in [9.17, 15) is 18.0 Å². The van der Waals surface area contributed by atoms with Crippen molar-refractivity contribution in [2.24, 2.45) is 0 Å². The van der Waals surface area contributed by atoms with Crippen LogP contribution >= 0.6 is 0 Å². The highest BCUT2D eigenvalue weighted by Crippen LogP contribution is 2.31. The van der Waals surface area contributed by atoms with Crippen LogP contribution in [0.5, 0.6) is 0 Å². The number of amides is 2. The Bertz CT molecular complexity index is 286. The molecule has 16 heavy (non-hydrogen) atoms. The molecule has 7 heteroatoms. The molecule has 2 heterocycles. The Balaban J connectivity index is 2.14. The second-order valence-electron chi connectivity index (χ2n) is 4.36. The topological polar surface area (TPSA) is 44.4 Å². The zero-order valence-corrected chi connectivity index (χ0v) is 8.73. The highest BCUT2D eigenvalue weighted by Gasteiger charge is 2.49. The van der Waals surface area contributed by atoms with Gasteiger partial charge in [0.25, 0.3) is 0 Å². The number of hydrogen-bond donors (Lipinski definition) is 2. The van der Waals surface area contributed by atoms with Crippen molar-refractivity contribution in [2.75, 3.05) is 26.2 Å². The van der Waals surface area contributed by atoms with Crippen molar-refractivity contribution in [2.45, 2.75) is 24.6 Å². The molecule has 0 aliphatic carbocycles. The Morgan fingerprint density at radius 1 is 1.38 bits per heavy atom. The fraction of sp³-hybridized carbons (Fsp3) is 0.889. The quantitative estimate of drug-likeness (QED) is 0.705. The van der Waals surface area contributed by atoms with Gasteiger partial charge in [0.15, 0.2) is 0 Å². The summed E-state index contributed by atoms with van der Waals surface area (Å²) >= 11 is 0. The molecule has 1 atom stereocenters. The van der Waals surface area contributed by atoms with Gasteiger partial charge in [-0.15, -0.1) is 0 Å². The largest absolute Gasteiger partial charge is 0.406 e. The van der Waals surface area contributed by atoms with Crippen LogP contribution in [-0.2, 0) is 0 Å². The standard InChI is InChI=1S/C9H14F3N3O/c10-9(11,12)6-15-7(16)14-5-8(15)2-1-3-13-4-8/h13H,1-6H2,(H,14,16). The molecule has 4 nitrogen and oxygen atoms in total. The average Bonchev–Trinajstić information content (AvgIpc) is 2.47. The first-order chi connectivity index (χ1) is 7.43. The predicted molar refractivity (Wildman–Crippen MR) is 51.0 cm³/mol. The van der Waals surface area contributed by atoms with Crippen LogP contribution in [0.15, 0.2) is 0 Å². The molecule has 2 amide bonds. The van der Waals surface area contributed by atoms with Gasteiger partial charge in [-0.2, -0.15) is 13.2 Å². The van der Waals surface area contributed by atoms with Crippen LogP contribution in [0, 0.1) is 0 Å². The summed E-state index contributed by atoms with van der Waals surface area (Å²) in [6, 6.07) is -0.610. The van der Waals surface area contributed by atoms with E-state index in [1.807, 2.05) is 0 Å². The van der Waals surface area contributed by atoms with Gasteiger partial charge in [0.1, 0.15) is 6.54 Å². The third-order valence-electron chi connectivity index (χ3n) is 3.17. The fourth-order valence-electron chi connectivity index (χ4n) is 2.40. The molecule has 0 bridgehead atoms. The Morgan fingerprint density at radius 2 is 2.12 bits per heavy atom. The number of piperidine rings is 1. The molecule has 0 saturated carbocycles. The lowest BCUT2D eigenvalue weighted by molar-refractivity contribution is -0.148. The lowest BCUT2D eigenvalue weighted by Gasteiger charge is -2.40. The Morgan fingerprint density at radius 3 is 2.69 bits per heavy atom. The SMILES string of the molecule is O=C1NCC2(CCCNC2)N1CC(F)(F)F. The molecule has 0 aromatic rings. The normalized spacial score (nSPS) is 30.9. The number of hydrogen-bond acceptors (Lipinski definition) is 2. The summed E-state index contributed by atoms with van der Waals surface area (Å²) < 4.78 is 37.1. The molecule has 92 valence electrons. The minimum Gasteiger partial charge on any atom is -0.336 e. The van der Waals surface area contributed by atoms with Crippen LogP contribution in [-0.4, -0.2) is 48.8 Å². The van der Waals surface area contributed by atoms with Gasteiger partial charge in [-0.3, -0.25) is 0 Å². The minimum absolute atomic E-state index is 0.301. The first kappa shape index (κ1) is 11.5. The van der Waals surface area contributed by atoms with Crippen molar-refractivity contribution >= 4 is 6.03 Å². The van der Waals surface area contributed by atoms with Gasteiger partial charge in [0.2, 0.25) is 0 Å². The first-order valence-electron chi connectivity index (χ1n) is 5.26. The van der Waals surface area contributed by atoms with E-state index in [1.54, 1.807) is 0 Å². The van der Waals surface area contributed by atoms with Gasteiger partial charge >= 0.3 is 12.2 Å². The van der Waals surface area contributed by atoms with Crippen LogP contribution < -0.4 is 10.6 Å². The van der Waals surface area contributed by atoms with Crippen molar-refractivity contribution in [3.63, 3.8) is 0 Å². The number of urea groups is 1. The third-order valence-corrected chi connectivity index (χ3v) is 3.17. The van der Waals surface area contributed by atoms with E-state index in [-0.39, 0.29) is 0 Å². The summed E-state index contributed by atoms with van der Waals surface area (Å²) in [6.07, 6.45) is -2.93. The van der Waals surface area contributed by atoms with E-state index < -0.39 is 24.3 Å². The molecule has 0 aromatic heterocycles. The summed E-state index contributed by atoms with van der Waals surface area (Å²) in [5.74, 6) is 0. The van der Waals surface area contributed by atoms with E-state index in [0.717, 1.165) is 17.9 Å². The third kappa shape index (κ3) is 2.09. The van der Waals surface area contributed by atoms with E-state index in [2.05, 4.69) is 10.6 Å². The van der Waals surface area contributed by atoms with Gasteiger partial charge in [0, 0.05) is 13.1 Å². The van der Waals surface area contributed by atoms with Crippen molar-refractivity contribution in [3.05, 3.63) is 0 Å². The summed E-state index contributed by atoms with van der Waals surface area (Å²) in [5.41, 5.74) is -0.690. The van der Waals surface area contributed by atoms with Crippen LogP contribution in [0.4, 0.5) is 18.0 Å². The number of nitrogens with zero attached hydrogens (tertiary/aromatic N) is 1. The van der Waals surface area contributed by atoms with Crippen molar-refractivity contribution in [1.29, 1.82) is 0 Å². The van der Waals surface area contributed by atoms with Crippen molar-refractivity contribution in [3.8, 4) is 0 Å². The molecule has 2 aliphatic rings. The molecule has 2 fully saturated rings. The van der Waals surface area contributed by atoms with E-state index in [4.69, 9.17) is 0 Å². The molecule has 0 aromatic carbocycles. The number of alkyl halides is 3. The molecular weight excluding hydrogens is 223 g/mol. The zero-order chi connectivity index (χ0) is 11.8. The van der Waals surface area contributed by atoms with E-state index in [0.29, 0.717) is 19.5 Å². The van der Waals surface area contributed by atoms with Gasteiger partial charge in [-0.1, -0.05) is 0 Å². The number of nitrogens with one attached hydrogen (secondary N) is 2. The molecular formula is C9H14F3N3O. The lowest BCUT2D eigenvalue weighted by Crippen LogP contribution is -2.58. The van der Waals surface area contributed by atoms with Gasteiger partial charge in [-0.25, -0.2) is 4.79 Å². The summed E-state index contributed by atoms with van der Waals surface area (Å²) in [5, 5.41) is 5.55. The predicted octanol–water partition coefficient (Wildman–Crippen LogP) is 0.696. The van der Waals surface area contributed by atoms with Crippen LogP contribution in [0.1, 0.15) is 12.8 Å². The number of carbonyl (C=O) groups is 1. The number of carbonyl (C=O) groups excluding carboxylic acids is 1. The maximum Gasteiger partial charge on any atom is 0.406 e. The fourth-order valence-corrected chi connectivity index (χ4v) is 2.40. The van der Waals surface area contributed by atoms with Crippen molar-refractivity contribution < 1.29 is 18.0 Å². The molecule has 0 radical (unpaired) electrons. The average molecular weight is 237 g/mol. The Labute approximate surface area is 91.2 Å². The van der Waals surface area contributed by atoms with E-state index in [1.165, 1.54) is 0 Å².